The Labute approximate surface area is 88.9 Å². The van der Waals surface area contributed by atoms with Crippen LogP contribution in [-0.4, -0.2) is 11.5 Å². The van der Waals surface area contributed by atoms with Crippen LogP contribution in [0.15, 0.2) is 0 Å². The Kier molecular flexibility index (Phi) is 6.93. The van der Waals surface area contributed by atoms with Crippen LogP contribution in [0.25, 0.3) is 0 Å². The summed E-state index contributed by atoms with van der Waals surface area (Å²) in [5.41, 5.74) is 0. The Morgan fingerprint density at radius 3 is 1.23 bits per heavy atom. The van der Waals surface area contributed by atoms with E-state index in [1.807, 2.05) is 0 Å². The molecule has 0 radical (unpaired) electrons. The SMILES string of the molecule is CC(C)C(C)CSCC(C)C(C)C. The molecule has 0 saturated heterocycles. The lowest BCUT2D eigenvalue weighted by molar-refractivity contribution is 0.455. The Morgan fingerprint density at radius 2 is 1.00 bits per heavy atom. The maximum Gasteiger partial charge on any atom is -0.00392 e. The van der Waals surface area contributed by atoms with Crippen LogP contribution in [0, 0.1) is 23.7 Å². The average Bonchev–Trinajstić information content (AvgIpc) is 2.03. The highest BCUT2D eigenvalue weighted by Crippen LogP contribution is 2.21. The van der Waals surface area contributed by atoms with Gasteiger partial charge in [0.25, 0.3) is 0 Å². The highest BCUT2D eigenvalue weighted by atomic mass is 32.2. The fourth-order valence-corrected chi connectivity index (χ4v) is 2.47. The highest BCUT2D eigenvalue weighted by Gasteiger charge is 2.10. The molecule has 0 aliphatic carbocycles. The predicted octanol–water partition coefficient (Wildman–Crippen LogP) is 4.30. The van der Waals surface area contributed by atoms with Gasteiger partial charge in [0.2, 0.25) is 0 Å². The van der Waals surface area contributed by atoms with Crippen molar-refractivity contribution in [1.29, 1.82) is 0 Å². The molecule has 2 unspecified atom stereocenters. The molecule has 13 heavy (non-hydrogen) atoms. The van der Waals surface area contributed by atoms with Crippen molar-refractivity contribution in [3.05, 3.63) is 0 Å². The van der Waals surface area contributed by atoms with Crippen LogP contribution in [0.4, 0.5) is 0 Å². The largest absolute Gasteiger partial charge is 0.161 e. The molecule has 0 aromatic rings. The van der Waals surface area contributed by atoms with Crippen LogP contribution in [0.5, 0.6) is 0 Å². The zero-order valence-electron chi connectivity index (χ0n) is 10.1. The van der Waals surface area contributed by atoms with Crippen molar-refractivity contribution in [1.82, 2.24) is 0 Å². The molecule has 0 heterocycles. The third-order valence-corrected chi connectivity index (χ3v) is 4.56. The summed E-state index contributed by atoms with van der Waals surface area (Å²) in [6.07, 6.45) is 0. The van der Waals surface area contributed by atoms with E-state index in [1.54, 1.807) is 0 Å². The van der Waals surface area contributed by atoms with Gasteiger partial charge in [-0.05, 0) is 35.2 Å². The van der Waals surface area contributed by atoms with Crippen molar-refractivity contribution in [2.45, 2.75) is 41.5 Å². The van der Waals surface area contributed by atoms with Gasteiger partial charge in [-0.25, -0.2) is 0 Å². The Balaban J connectivity index is 3.45. The van der Waals surface area contributed by atoms with Gasteiger partial charge in [-0.15, -0.1) is 0 Å². The maximum absolute atomic E-state index is 2.36. The minimum absolute atomic E-state index is 0.835. The normalized spacial score (nSPS) is 16.6. The summed E-state index contributed by atoms with van der Waals surface area (Å²) in [5, 5.41) is 0. The third-order valence-electron chi connectivity index (χ3n) is 3.04. The maximum atomic E-state index is 2.36. The van der Waals surface area contributed by atoms with Gasteiger partial charge >= 0.3 is 0 Å². The molecule has 0 bridgehead atoms. The average molecular weight is 202 g/mol. The van der Waals surface area contributed by atoms with E-state index in [4.69, 9.17) is 0 Å². The lowest BCUT2D eigenvalue weighted by atomic mass is 10.0. The molecular weight excluding hydrogens is 176 g/mol. The van der Waals surface area contributed by atoms with Crippen molar-refractivity contribution < 1.29 is 0 Å². The van der Waals surface area contributed by atoms with Crippen LogP contribution < -0.4 is 0 Å². The molecule has 0 rings (SSSR count). The molecule has 0 saturated carbocycles. The van der Waals surface area contributed by atoms with E-state index in [9.17, 15) is 0 Å². The zero-order valence-corrected chi connectivity index (χ0v) is 10.9. The topological polar surface area (TPSA) is 0 Å². The lowest BCUT2D eigenvalue weighted by Crippen LogP contribution is -2.11. The second kappa shape index (κ2) is 6.75. The first-order valence-electron chi connectivity index (χ1n) is 5.52. The number of rotatable bonds is 6. The zero-order chi connectivity index (χ0) is 10.4. The molecule has 0 aromatic carbocycles. The fraction of sp³-hybridized carbons (Fsp3) is 1.00. The summed E-state index contributed by atoms with van der Waals surface area (Å²) >= 11 is 2.13. The second-order valence-electron chi connectivity index (χ2n) is 4.98. The van der Waals surface area contributed by atoms with Gasteiger partial charge in [0.15, 0.2) is 0 Å². The first-order valence-corrected chi connectivity index (χ1v) is 6.68. The van der Waals surface area contributed by atoms with Gasteiger partial charge < -0.3 is 0 Å². The molecule has 1 heteroatoms. The van der Waals surface area contributed by atoms with Gasteiger partial charge in [0.1, 0.15) is 0 Å². The number of thioether (sulfide) groups is 1. The van der Waals surface area contributed by atoms with Crippen molar-refractivity contribution in [2.75, 3.05) is 11.5 Å². The summed E-state index contributed by atoms with van der Waals surface area (Å²) in [6, 6.07) is 0. The van der Waals surface area contributed by atoms with Crippen molar-refractivity contribution in [2.24, 2.45) is 23.7 Å². The van der Waals surface area contributed by atoms with Crippen LogP contribution in [0.1, 0.15) is 41.5 Å². The molecule has 0 nitrogen and oxygen atoms in total. The van der Waals surface area contributed by atoms with Crippen LogP contribution >= 0.6 is 11.8 Å². The second-order valence-corrected chi connectivity index (χ2v) is 6.05. The molecule has 0 aliphatic rings. The minimum Gasteiger partial charge on any atom is -0.161 e. The van der Waals surface area contributed by atoms with E-state index in [0.717, 1.165) is 23.7 Å². The monoisotopic (exact) mass is 202 g/mol. The van der Waals surface area contributed by atoms with E-state index in [1.165, 1.54) is 11.5 Å². The lowest BCUT2D eigenvalue weighted by Gasteiger charge is -2.18. The Hall–Kier alpha value is 0.350. The molecule has 2 atom stereocenters. The molecule has 0 amide bonds. The third kappa shape index (κ3) is 6.42. The van der Waals surface area contributed by atoms with E-state index in [2.05, 4.69) is 53.3 Å². The predicted molar refractivity (Wildman–Crippen MR) is 65.3 cm³/mol. The quantitative estimate of drug-likeness (QED) is 0.618. The Morgan fingerprint density at radius 1 is 0.692 bits per heavy atom. The summed E-state index contributed by atoms with van der Waals surface area (Å²) < 4.78 is 0. The van der Waals surface area contributed by atoms with Crippen LogP contribution in [0.2, 0.25) is 0 Å². The molecule has 80 valence electrons. The number of hydrogen-bond donors (Lipinski definition) is 0. The van der Waals surface area contributed by atoms with Crippen molar-refractivity contribution in [3.8, 4) is 0 Å². The van der Waals surface area contributed by atoms with Crippen LogP contribution in [-0.2, 0) is 0 Å². The van der Waals surface area contributed by atoms with Gasteiger partial charge in [0, 0.05) is 0 Å². The number of hydrogen-bond acceptors (Lipinski definition) is 1. The van der Waals surface area contributed by atoms with Crippen molar-refractivity contribution in [3.63, 3.8) is 0 Å². The van der Waals surface area contributed by atoms with Gasteiger partial charge in [-0.1, -0.05) is 41.5 Å². The first kappa shape index (κ1) is 13.4. The van der Waals surface area contributed by atoms with Gasteiger partial charge in [-0.2, -0.15) is 11.8 Å². The van der Waals surface area contributed by atoms with Crippen LogP contribution in [0.3, 0.4) is 0 Å². The summed E-state index contributed by atoms with van der Waals surface area (Å²) in [7, 11) is 0. The molecule has 0 N–H and O–H groups in total. The van der Waals surface area contributed by atoms with Gasteiger partial charge in [0.05, 0.1) is 0 Å². The summed E-state index contributed by atoms with van der Waals surface area (Å²) in [4.78, 5) is 0. The minimum atomic E-state index is 0.835. The highest BCUT2D eigenvalue weighted by molar-refractivity contribution is 7.99. The van der Waals surface area contributed by atoms with Crippen molar-refractivity contribution >= 4 is 11.8 Å². The Bertz CT molecular complexity index is 104. The molecule has 0 aliphatic heterocycles. The fourth-order valence-electron chi connectivity index (χ4n) is 0.825. The summed E-state index contributed by atoms with van der Waals surface area (Å²) in [5.74, 6) is 6.06. The summed E-state index contributed by atoms with van der Waals surface area (Å²) in [6.45, 7) is 14.0. The molecule has 0 aromatic heterocycles. The van der Waals surface area contributed by atoms with E-state index >= 15 is 0 Å². The van der Waals surface area contributed by atoms with E-state index < -0.39 is 0 Å². The molecule has 0 fully saturated rings. The van der Waals surface area contributed by atoms with E-state index in [-0.39, 0.29) is 0 Å². The molecule has 0 spiro atoms. The first-order chi connectivity index (χ1) is 5.95. The smallest absolute Gasteiger partial charge is 0.00392 e. The van der Waals surface area contributed by atoms with Gasteiger partial charge in [-0.3, -0.25) is 0 Å². The van der Waals surface area contributed by atoms with E-state index in [0.29, 0.717) is 0 Å². The molecular formula is C12H26S. The standard InChI is InChI=1S/C12H26S/c1-9(2)11(5)7-13-8-12(6)10(3)4/h9-12H,7-8H2,1-6H3.